The Balaban J connectivity index is 1.34. The Hall–Kier alpha value is -3.34. The minimum atomic E-state index is -3.97. The summed E-state index contributed by atoms with van der Waals surface area (Å²) >= 11 is 6.47. The highest BCUT2D eigenvalue weighted by atomic mass is 35.5. The fourth-order valence-corrected chi connectivity index (χ4v) is 10.1. The van der Waals surface area contributed by atoms with Crippen LogP contribution in [0.2, 0.25) is 5.02 Å². The van der Waals surface area contributed by atoms with Crippen molar-refractivity contribution in [1.82, 2.24) is 9.88 Å². The second-order valence-corrected chi connectivity index (χ2v) is 17.3. The van der Waals surface area contributed by atoms with Crippen molar-refractivity contribution in [2.75, 3.05) is 31.7 Å². The minimum Gasteiger partial charge on any atom is -0.490 e. The van der Waals surface area contributed by atoms with Crippen LogP contribution in [0.1, 0.15) is 78.9 Å². The molecular formula is C38H46ClN3O6S. The van der Waals surface area contributed by atoms with Gasteiger partial charge in [-0.05, 0) is 112 Å². The van der Waals surface area contributed by atoms with E-state index in [9.17, 15) is 13.2 Å². The van der Waals surface area contributed by atoms with Crippen molar-refractivity contribution < 1.29 is 27.2 Å². The van der Waals surface area contributed by atoms with Crippen molar-refractivity contribution >= 4 is 33.2 Å². The van der Waals surface area contributed by atoms with Gasteiger partial charge in [0.05, 0.1) is 28.8 Å². The fourth-order valence-electron chi connectivity index (χ4n) is 8.62. The van der Waals surface area contributed by atoms with Crippen molar-refractivity contribution in [2.45, 2.75) is 82.0 Å². The van der Waals surface area contributed by atoms with Gasteiger partial charge >= 0.3 is 0 Å². The molecule has 1 amide bonds. The molecule has 49 heavy (non-hydrogen) atoms. The number of amides is 1. The molecule has 1 aromatic heterocycles. The molecule has 9 nitrogen and oxygen atoms in total. The highest BCUT2D eigenvalue weighted by Crippen LogP contribution is 2.49. The molecule has 0 unspecified atom stereocenters. The molecule has 3 heterocycles. The predicted octanol–water partition coefficient (Wildman–Crippen LogP) is 6.81. The molecule has 2 bridgehead atoms. The maximum absolute atomic E-state index is 13.6. The molecule has 3 aromatic rings. The molecule has 7 rings (SSSR count). The molecule has 1 N–H and O–H groups in total. The molecule has 1 saturated carbocycles. The number of methoxy groups -OCH3 is 1. The predicted molar refractivity (Wildman–Crippen MR) is 190 cm³/mol. The maximum Gasteiger partial charge on any atom is 0.264 e. The molecular weight excluding hydrogens is 662 g/mol. The van der Waals surface area contributed by atoms with Crippen LogP contribution in [-0.2, 0) is 33.0 Å². The van der Waals surface area contributed by atoms with E-state index >= 15 is 0 Å². The molecule has 1 fully saturated rings. The Labute approximate surface area is 294 Å². The van der Waals surface area contributed by atoms with Crippen LogP contribution in [0, 0.1) is 24.7 Å². The van der Waals surface area contributed by atoms with Gasteiger partial charge in [-0.2, -0.15) is 0 Å². The summed E-state index contributed by atoms with van der Waals surface area (Å²) < 4.78 is 48.0. The van der Waals surface area contributed by atoms with Crippen LogP contribution in [0.25, 0.3) is 0 Å². The zero-order valence-electron chi connectivity index (χ0n) is 28.7. The first kappa shape index (κ1) is 34.1. The number of nitrogens with zero attached hydrogens (tertiary/aromatic N) is 2. The summed E-state index contributed by atoms with van der Waals surface area (Å²) in [5.41, 5.74) is 3.47. The second-order valence-electron chi connectivity index (χ2n) is 14.8. The number of benzene rings is 2. The molecule has 6 atom stereocenters. The average molecular weight is 708 g/mol. The number of sulfonamides is 1. The van der Waals surface area contributed by atoms with E-state index in [0.29, 0.717) is 31.7 Å². The largest absolute Gasteiger partial charge is 0.490 e. The topological polar surface area (TPSA) is 111 Å². The van der Waals surface area contributed by atoms with Gasteiger partial charge in [0.25, 0.3) is 5.91 Å². The molecule has 11 heteroatoms. The molecule has 2 aliphatic carbocycles. The number of carbonyl (C=O) groups is 1. The Bertz CT molecular complexity index is 1880. The van der Waals surface area contributed by atoms with Gasteiger partial charge in [0.15, 0.2) is 0 Å². The Morgan fingerprint density at radius 2 is 1.98 bits per heavy atom. The van der Waals surface area contributed by atoms with E-state index in [1.54, 1.807) is 26.2 Å². The lowest BCUT2D eigenvalue weighted by molar-refractivity contribution is -0.0753. The Morgan fingerprint density at radius 1 is 1.14 bits per heavy atom. The van der Waals surface area contributed by atoms with Gasteiger partial charge in [0.2, 0.25) is 10.0 Å². The first-order valence-corrected chi connectivity index (χ1v) is 19.4. The van der Waals surface area contributed by atoms with Crippen LogP contribution in [0.5, 0.6) is 5.75 Å². The zero-order valence-corrected chi connectivity index (χ0v) is 30.3. The van der Waals surface area contributed by atoms with Gasteiger partial charge in [-0.3, -0.25) is 4.79 Å². The number of nitrogens with one attached hydrogen (secondary N) is 1. The van der Waals surface area contributed by atoms with Crippen LogP contribution in [-0.4, -0.2) is 57.1 Å². The van der Waals surface area contributed by atoms with Crippen LogP contribution in [0.3, 0.4) is 0 Å². The van der Waals surface area contributed by atoms with Crippen LogP contribution < -0.4 is 14.4 Å². The number of ether oxygens (including phenoxy) is 2. The van der Waals surface area contributed by atoms with Crippen molar-refractivity contribution in [2.24, 2.45) is 17.8 Å². The van der Waals surface area contributed by atoms with Crippen molar-refractivity contribution in [3.05, 3.63) is 87.8 Å². The summed E-state index contributed by atoms with van der Waals surface area (Å²) in [7, 11) is -2.21. The number of hydrogen-bond acceptors (Lipinski definition) is 8. The molecule has 0 radical (unpaired) electrons. The Morgan fingerprint density at radius 3 is 2.71 bits per heavy atom. The molecule has 1 spiro atoms. The molecule has 2 aromatic carbocycles. The summed E-state index contributed by atoms with van der Waals surface area (Å²) in [6.07, 6.45) is 10.2. The standard InChI is InChI=1S/C38H46ClN3O6S/c1-24-7-5-16-38(46-4,20-31-17-25(2)48-40-31)33-12-9-29(33)21-42-22-37(15-6-8-27-18-30(39)11-13-32(27)37)23-47-35-14-10-28(19-34(35)42)36(43)41-49(44,45)26(24)3/h5,10-11,13-14,16-19,24,26,29,33H,6-9,12,15,20-23H2,1-4H3,(H,41,43)/b16-5-/t24-,26+,29-,33+,37-,38-/m0/s1. The van der Waals surface area contributed by atoms with E-state index in [4.69, 9.17) is 25.6 Å². The van der Waals surface area contributed by atoms with E-state index in [0.717, 1.165) is 60.8 Å². The first-order chi connectivity index (χ1) is 23.4. The third-order valence-corrected chi connectivity index (χ3v) is 13.9. The second kappa shape index (κ2) is 13.1. The smallest absolute Gasteiger partial charge is 0.264 e. The number of aromatic nitrogens is 1. The number of halogens is 1. The molecule has 2 aliphatic heterocycles. The number of carbonyl (C=O) groups excluding carboxylic acids is 1. The first-order valence-electron chi connectivity index (χ1n) is 17.4. The van der Waals surface area contributed by atoms with Gasteiger partial charge in [0.1, 0.15) is 11.5 Å². The van der Waals surface area contributed by atoms with E-state index in [-0.39, 0.29) is 28.7 Å². The lowest BCUT2D eigenvalue weighted by Crippen LogP contribution is -2.54. The summed E-state index contributed by atoms with van der Waals surface area (Å²) in [6.45, 7) is 7.34. The van der Waals surface area contributed by atoms with Gasteiger partial charge in [-0.1, -0.05) is 41.9 Å². The minimum absolute atomic E-state index is 0.169. The van der Waals surface area contributed by atoms with E-state index in [1.165, 1.54) is 11.1 Å². The number of rotatable bonds is 3. The molecule has 4 aliphatic rings. The summed E-state index contributed by atoms with van der Waals surface area (Å²) in [5, 5.41) is 4.27. The average Bonchev–Trinajstić information content (AvgIpc) is 3.40. The SMILES string of the molecule is CO[C@]1(Cc2cc(C)on2)/C=C\C[C@H](C)[C@@H](C)S(=O)(=O)NC(=O)c2ccc3c(c2)N(C[C@@H]2CC[C@H]21)C[C@@]1(CCCc2cc(Cl)ccc21)CO3. The lowest BCUT2D eigenvalue weighted by Gasteiger charge is -2.50. The zero-order chi connectivity index (χ0) is 34.6. The number of allylic oxidation sites excluding steroid dienone is 1. The lowest BCUT2D eigenvalue weighted by atomic mass is 9.62. The van der Waals surface area contributed by atoms with Gasteiger partial charge in [0, 0.05) is 48.7 Å². The highest BCUT2D eigenvalue weighted by molar-refractivity contribution is 7.90. The number of anilines is 1. The van der Waals surface area contributed by atoms with Crippen molar-refractivity contribution in [1.29, 1.82) is 0 Å². The van der Waals surface area contributed by atoms with E-state index < -0.39 is 26.8 Å². The quantitative estimate of drug-likeness (QED) is 0.296. The summed E-state index contributed by atoms with van der Waals surface area (Å²) in [4.78, 5) is 15.9. The van der Waals surface area contributed by atoms with Crippen LogP contribution >= 0.6 is 11.6 Å². The van der Waals surface area contributed by atoms with Crippen molar-refractivity contribution in [3.63, 3.8) is 0 Å². The maximum atomic E-state index is 13.6. The van der Waals surface area contributed by atoms with Gasteiger partial charge in [-0.25, -0.2) is 13.1 Å². The van der Waals surface area contributed by atoms with Crippen LogP contribution in [0.15, 0.2) is 59.1 Å². The number of fused-ring (bicyclic) bond motifs is 4. The highest BCUT2D eigenvalue weighted by Gasteiger charge is 2.49. The number of hydrogen-bond donors (Lipinski definition) is 1. The monoisotopic (exact) mass is 707 g/mol. The van der Waals surface area contributed by atoms with Crippen LogP contribution in [0.4, 0.5) is 5.69 Å². The van der Waals surface area contributed by atoms with Gasteiger partial charge < -0.3 is 18.9 Å². The van der Waals surface area contributed by atoms with Crippen molar-refractivity contribution in [3.8, 4) is 5.75 Å². The summed E-state index contributed by atoms with van der Waals surface area (Å²) in [6, 6.07) is 13.5. The third kappa shape index (κ3) is 6.40. The fraction of sp³-hybridized carbons (Fsp3) is 0.526. The summed E-state index contributed by atoms with van der Waals surface area (Å²) in [5.74, 6) is 0.986. The Kier molecular flexibility index (Phi) is 9.11. The van der Waals surface area contributed by atoms with E-state index in [1.807, 2.05) is 32.0 Å². The van der Waals surface area contributed by atoms with E-state index in [2.05, 4.69) is 39.1 Å². The molecule has 262 valence electrons. The molecule has 0 saturated heterocycles. The normalized spacial score (nSPS) is 31.8. The number of aryl methyl sites for hydroxylation is 2. The van der Waals surface area contributed by atoms with Gasteiger partial charge in [-0.15, -0.1) is 0 Å². The third-order valence-electron chi connectivity index (χ3n) is 11.7.